The summed E-state index contributed by atoms with van der Waals surface area (Å²) in [6, 6.07) is 9.67. The van der Waals surface area contributed by atoms with Crippen molar-refractivity contribution in [1.29, 1.82) is 0 Å². The van der Waals surface area contributed by atoms with Gasteiger partial charge in [-0.25, -0.2) is 4.39 Å². The Bertz CT molecular complexity index is 1880. The fraction of sp³-hybridized carbons (Fsp3) is 0.736. The fourth-order valence-corrected chi connectivity index (χ4v) is 16.0. The molecule has 6 aliphatic carbocycles. The van der Waals surface area contributed by atoms with Gasteiger partial charge in [0.05, 0.1) is 11.0 Å². The van der Waals surface area contributed by atoms with Crippen LogP contribution in [0.15, 0.2) is 65.8 Å². The van der Waals surface area contributed by atoms with Gasteiger partial charge >= 0.3 is 5.97 Å². The van der Waals surface area contributed by atoms with Crippen molar-refractivity contribution in [2.45, 2.75) is 163 Å². The van der Waals surface area contributed by atoms with Crippen LogP contribution in [0, 0.1) is 56.7 Å². The van der Waals surface area contributed by atoms with Crippen molar-refractivity contribution in [3.8, 4) is 0 Å². The molecular formula is C53H77FN2O4. The lowest BCUT2D eigenvalue weighted by Gasteiger charge is -2.72. The van der Waals surface area contributed by atoms with Crippen LogP contribution in [0.3, 0.4) is 0 Å². The van der Waals surface area contributed by atoms with E-state index in [-0.39, 0.29) is 39.7 Å². The highest BCUT2D eigenvalue weighted by atomic mass is 19.1. The van der Waals surface area contributed by atoms with Crippen molar-refractivity contribution < 1.29 is 23.8 Å². The minimum Gasteiger partial charge on any atom is -0.460 e. The number of halogens is 1. The zero-order chi connectivity index (χ0) is 42.9. The minimum atomic E-state index is -1.10. The predicted octanol–water partition coefficient (Wildman–Crippen LogP) is 11.1. The van der Waals surface area contributed by atoms with Gasteiger partial charge in [-0.3, -0.25) is 9.59 Å². The molecule has 60 heavy (non-hydrogen) atoms. The molecule has 1 aromatic rings. The molecule has 0 radical (unpaired) electrons. The van der Waals surface area contributed by atoms with Crippen LogP contribution < -0.4 is 5.32 Å². The second-order valence-corrected chi connectivity index (χ2v) is 22.7. The number of nitrogens with zero attached hydrogens (tertiary/aromatic N) is 1. The van der Waals surface area contributed by atoms with Crippen molar-refractivity contribution in [3.05, 3.63) is 71.3 Å². The second kappa shape index (κ2) is 15.8. The Labute approximate surface area is 361 Å². The van der Waals surface area contributed by atoms with E-state index in [1.165, 1.54) is 68.1 Å². The minimum absolute atomic E-state index is 0.0175. The van der Waals surface area contributed by atoms with Crippen molar-refractivity contribution in [2.75, 3.05) is 26.3 Å². The van der Waals surface area contributed by atoms with E-state index < -0.39 is 23.7 Å². The molecule has 10 unspecified atom stereocenters. The highest BCUT2D eigenvalue weighted by molar-refractivity contribution is 5.78. The maximum atomic E-state index is 14.8. The van der Waals surface area contributed by atoms with Crippen LogP contribution in [-0.4, -0.2) is 59.3 Å². The molecule has 1 aromatic carbocycles. The Kier molecular flexibility index (Phi) is 11.5. The van der Waals surface area contributed by atoms with Crippen LogP contribution in [0.2, 0.25) is 0 Å². The average Bonchev–Trinajstić information content (AvgIpc) is 3.60. The molecular weight excluding hydrogens is 748 g/mol. The SMILES string of the molecule is C=C(C)C1CCC2(NCCC3(O)CCN(C(C)=O)CC3)CCC3(C)C(CCC4C5(C)CC=C(C6=CCC(CF)(C(=O)OCc7ccccc7)CC6)C(C)(C)C5CCC43C)C12. The summed E-state index contributed by atoms with van der Waals surface area (Å²) in [7, 11) is 0. The largest absolute Gasteiger partial charge is 0.460 e. The van der Waals surface area contributed by atoms with E-state index in [4.69, 9.17) is 4.74 Å². The Morgan fingerprint density at radius 2 is 1.60 bits per heavy atom. The third-order valence-electron chi connectivity index (χ3n) is 19.7. The number of nitrogens with one attached hydrogen (secondary N) is 1. The van der Waals surface area contributed by atoms with Gasteiger partial charge in [-0.05, 0) is 178 Å². The molecule has 1 saturated heterocycles. The molecule has 7 aliphatic rings. The molecule has 8 rings (SSSR count). The number of fused-ring (bicyclic) bond motifs is 7. The number of esters is 1. The number of carbonyl (C=O) groups is 2. The summed E-state index contributed by atoms with van der Waals surface area (Å²) < 4.78 is 20.5. The van der Waals surface area contributed by atoms with Crippen LogP contribution in [0.25, 0.3) is 0 Å². The molecule has 330 valence electrons. The van der Waals surface area contributed by atoms with Crippen LogP contribution in [0.5, 0.6) is 0 Å². The van der Waals surface area contributed by atoms with Crippen molar-refractivity contribution in [2.24, 2.45) is 56.7 Å². The van der Waals surface area contributed by atoms with Crippen molar-refractivity contribution >= 4 is 11.9 Å². The number of amides is 1. The summed E-state index contributed by atoms with van der Waals surface area (Å²) in [5.41, 5.74) is 3.97. The van der Waals surface area contributed by atoms with Crippen LogP contribution >= 0.6 is 0 Å². The number of alkyl halides is 1. The summed E-state index contributed by atoms with van der Waals surface area (Å²) in [5.74, 6) is 2.62. The lowest BCUT2D eigenvalue weighted by Crippen LogP contribution is -2.68. The van der Waals surface area contributed by atoms with E-state index in [0.717, 1.165) is 24.9 Å². The van der Waals surface area contributed by atoms with E-state index in [2.05, 4.69) is 65.6 Å². The Hall–Kier alpha value is -2.77. The first kappa shape index (κ1) is 43.9. The molecule has 1 amide bonds. The molecule has 7 heteroatoms. The molecule has 5 fully saturated rings. The van der Waals surface area contributed by atoms with E-state index in [1.54, 1.807) is 6.92 Å². The lowest BCUT2D eigenvalue weighted by atomic mass is 9.33. The number of hydrogen-bond donors (Lipinski definition) is 2. The Morgan fingerprint density at radius 3 is 2.25 bits per heavy atom. The van der Waals surface area contributed by atoms with Gasteiger partial charge in [0.1, 0.15) is 13.3 Å². The lowest BCUT2D eigenvalue weighted by molar-refractivity contribution is -0.221. The first-order chi connectivity index (χ1) is 28.4. The average molecular weight is 825 g/mol. The van der Waals surface area contributed by atoms with Gasteiger partial charge in [-0.2, -0.15) is 0 Å². The van der Waals surface area contributed by atoms with E-state index in [9.17, 15) is 19.1 Å². The number of rotatable bonds is 10. The monoisotopic (exact) mass is 825 g/mol. The van der Waals surface area contributed by atoms with Gasteiger partial charge in [0.15, 0.2) is 0 Å². The molecule has 1 heterocycles. The molecule has 6 nitrogen and oxygen atoms in total. The molecule has 10 atom stereocenters. The van der Waals surface area contributed by atoms with Gasteiger partial charge < -0.3 is 20.1 Å². The van der Waals surface area contributed by atoms with Crippen LogP contribution in [0.1, 0.15) is 150 Å². The summed E-state index contributed by atoms with van der Waals surface area (Å²) in [5, 5.41) is 15.8. The highest BCUT2D eigenvalue weighted by Crippen LogP contribution is 2.76. The number of likely N-dealkylation sites (tertiary alicyclic amines) is 1. The Balaban J connectivity index is 0.990. The number of benzene rings is 1. The Morgan fingerprint density at radius 1 is 0.867 bits per heavy atom. The topological polar surface area (TPSA) is 78.9 Å². The second-order valence-electron chi connectivity index (χ2n) is 22.7. The number of piperidine rings is 1. The molecule has 0 bridgehead atoms. The smallest absolute Gasteiger partial charge is 0.315 e. The third-order valence-corrected chi connectivity index (χ3v) is 19.7. The summed E-state index contributed by atoms with van der Waals surface area (Å²) in [4.78, 5) is 27.2. The molecule has 4 saturated carbocycles. The van der Waals surface area contributed by atoms with E-state index >= 15 is 0 Å². The van der Waals surface area contributed by atoms with Crippen molar-refractivity contribution in [3.63, 3.8) is 0 Å². The van der Waals surface area contributed by atoms with Gasteiger partial charge in [-0.1, -0.05) is 89.3 Å². The maximum Gasteiger partial charge on any atom is 0.315 e. The van der Waals surface area contributed by atoms with Gasteiger partial charge in [0, 0.05) is 25.6 Å². The molecule has 0 spiro atoms. The first-order valence-electron chi connectivity index (χ1n) is 23.9. The normalized spacial score (nSPS) is 40.5. The third kappa shape index (κ3) is 7.01. The predicted molar refractivity (Wildman–Crippen MR) is 238 cm³/mol. The van der Waals surface area contributed by atoms with Gasteiger partial charge in [-0.15, -0.1) is 0 Å². The number of hydrogen-bond acceptors (Lipinski definition) is 5. The number of aliphatic hydroxyl groups is 1. The molecule has 2 N–H and O–H groups in total. The van der Waals surface area contributed by atoms with Crippen molar-refractivity contribution in [1.82, 2.24) is 10.2 Å². The number of carbonyl (C=O) groups excluding carboxylic acids is 2. The zero-order valence-electron chi connectivity index (χ0n) is 38.3. The quantitative estimate of drug-likeness (QED) is 0.181. The standard InChI is InChI=1S/C53H77FN2O4/c1-36(2)40-18-25-53(55-31-28-52(59)29-32-56(33-30-52)37(3)57)27-26-49(7)42(45(40)53)14-15-44-48(6)21-19-41(47(4,5)43(48)20-22-50(44,49)8)39-16-23-51(35-54,24-17-39)46(58)60-34-38-12-10-9-11-13-38/h9-13,16,19,40,42-45,55,59H,1,14-15,17-18,20-35H2,2-8H3. The summed E-state index contributed by atoms with van der Waals surface area (Å²) in [6.07, 6.45) is 19.4. The summed E-state index contributed by atoms with van der Waals surface area (Å²) in [6.45, 7) is 23.2. The maximum absolute atomic E-state index is 14.8. The van der Waals surface area contributed by atoms with E-state index in [0.29, 0.717) is 74.8 Å². The highest BCUT2D eigenvalue weighted by Gasteiger charge is 2.70. The fourth-order valence-electron chi connectivity index (χ4n) is 16.0. The van der Waals surface area contributed by atoms with Crippen LogP contribution in [0.4, 0.5) is 4.39 Å². The van der Waals surface area contributed by atoms with Gasteiger partial charge in [0.2, 0.25) is 5.91 Å². The first-order valence-corrected chi connectivity index (χ1v) is 23.9. The molecule has 0 aromatic heterocycles. The number of allylic oxidation sites excluding steroid dienone is 5. The van der Waals surface area contributed by atoms with E-state index in [1.807, 2.05) is 35.2 Å². The van der Waals surface area contributed by atoms with Crippen LogP contribution in [-0.2, 0) is 20.9 Å². The zero-order valence-corrected chi connectivity index (χ0v) is 38.3. The molecule has 1 aliphatic heterocycles. The summed E-state index contributed by atoms with van der Waals surface area (Å²) >= 11 is 0. The van der Waals surface area contributed by atoms with Gasteiger partial charge in [0.25, 0.3) is 0 Å². The number of ether oxygens (including phenoxy) is 1.